The summed E-state index contributed by atoms with van der Waals surface area (Å²) in [5.74, 6) is 0.650. The Morgan fingerprint density at radius 3 is 2.72 bits per heavy atom. The quantitative estimate of drug-likeness (QED) is 0.599. The van der Waals surface area contributed by atoms with Gasteiger partial charge in [-0.2, -0.15) is 5.26 Å². The number of carbonyl (C=O) groups excluding carboxylic acids is 1. The summed E-state index contributed by atoms with van der Waals surface area (Å²) in [4.78, 5) is 33.1. The molecule has 0 radical (unpaired) electrons. The van der Waals surface area contributed by atoms with Crippen molar-refractivity contribution in [1.82, 2.24) is 9.55 Å². The van der Waals surface area contributed by atoms with Crippen LogP contribution >= 0.6 is 11.3 Å². The Labute approximate surface area is 173 Å². The summed E-state index contributed by atoms with van der Waals surface area (Å²) < 4.78 is 2.16. The number of carbonyl (C=O) groups is 1. The third-order valence-corrected chi connectivity index (χ3v) is 6.47. The minimum atomic E-state index is -0.150. The van der Waals surface area contributed by atoms with Crippen LogP contribution < -0.4 is 10.5 Å². The first-order valence-corrected chi connectivity index (χ1v) is 10.7. The Morgan fingerprint density at radius 2 is 2.00 bits per heavy atom. The molecule has 1 fully saturated rings. The minimum absolute atomic E-state index is 0.0216. The molecule has 4 rings (SSSR count). The number of anilines is 1. The van der Waals surface area contributed by atoms with E-state index in [1.807, 2.05) is 25.1 Å². The number of hydrogen-bond donors (Lipinski definition) is 0. The predicted octanol–water partition coefficient (Wildman–Crippen LogP) is 3.96. The Hall–Kier alpha value is -2.98. The van der Waals surface area contributed by atoms with Crippen LogP contribution in [0.5, 0.6) is 0 Å². The molecular formula is C22H22N4O2S. The first kappa shape index (κ1) is 19.3. The number of benzene rings is 1. The zero-order chi connectivity index (χ0) is 20.4. The summed E-state index contributed by atoms with van der Waals surface area (Å²) in [5, 5.41) is 9.45. The molecule has 2 aromatic heterocycles. The van der Waals surface area contributed by atoms with Gasteiger partial charge in [-0.25, -0.2) is 4.98 Å². The van der Waals surface area contributed by atoms with Gasteiger partial charge in [0, 0.05) is 19.5 Å². The average molecular weight is 407 g/mol. The van der Waals surface area contributed by atoms with Crippen LogP contribution in [0.25, 0.3) is 10.2 Å². The smallest absolute Gasteiger partial charge is 0.273 e. The predicted molar refractivity (Wildman–Crippen MR) is 115 cm³/mol. The van der Waals surface area contributed by atoms with Gasteiger partial charge >= 0.3 is 0 Å². The molecule has 7 heteroatoms. The molecule has 1 aliphatic heterocycles. The van der Waals surface area contributed by atoms with Gasteiger partial charge in [0.1, 0.15) is 4.70 Å². The summed E-state index contributed by atoms with van der Waals surface area (Å²) in [6, 6.07) is 11.3. The zero-order valence-corrected chi connectivity index (χ0v) is 17.2. The maximum Gasteiger partial charge on any atom is 0.273 e. The Morgan fingerprint density at radius 1 is 1.24 bits per heavy atom. The lowest BCUT2D eigenvalue weighted by atomic mass is 10.1. The van der Waals surface area contributed by atoms with Crippen molar-refractivity contribution in [2.75, 3.05) is 18.0 Å². The summed E-state index contributed by atoms with van der Waals surface area (Å²) in [6.45, 7) is 3.80. The second-order valence-corrected chi connectivity index (χ2v) is 8.27. The molecule has 1 aliphatic rings. The van der Waals surface area contributed by atoms with Crippen LogP contribution in [0, 0.1) is 11.3 Å². The highest BCUT2D eigenvalue weighted by Gasteiger charge is 2.22. The molecule has 0 amide bonds. The lowest BCUT2D eigenvalue weighted by Gasteiger charge is -2.29. The van der Waals surface area contributed by atoms with Crippen molar-refractivity contribution < 1.29 is 4.79 Å². The lowest BCUT2D eigenvalue weighted by Crippen LogP contribution is -2.36. The van der Waals surface area contributed by atoms with Crippen molar-refractivity contribution >= 4 is 33.3 Å². The van der Waals surface area contributed by atoms with E-state index in [1.54, 1.807) is 16.7 Å². The van der Waals surface area contributed by atoms with E-state index >= 15 is 0 Å². The van der Waals surface area contributed by atoms with Crippen LogP contribution in [0.1, 0.15) is 53.4 Å². The highest BCUT2D eigenvalue weighted by atomic mass is 32.1. The van der Waals surface area contributed by atoms with E-state index in [1.165, 1.54) is 17.8 Å². The number of fused-ring (bicyclic) bond motifs is 1. The molecule has 0 aliphatic carbocycles. The Kier molecular flexibility index (Phi) is 5.45. The van der Waals surface area contributed by atoms with E-state index in [9.17, 15) is 14.9 Å². The normalized spacial score (nSPS) is 14.1. The fraction of sp³-hybridized carbons (Fsp3) is 0.364. The van der Waals surface area contributed by atoms with Gasteiger partial charge in [-0.3, -0.25) is 14.2 Å². The molecule has 29 heavy (non-hydrogen) atoms. The number of aromatic nitrogens is 2. The second kappa shape index (κ2) is 8.18. The molecule has 3 aromatic rings. The van der Waals surface area contributed by atoms with Crippen molar-refractivity contribution in [1.29, 1.82) is 5.26 Å². The largest absolute Gasteiger partial charge is 0.342 e. The fourth-order valence-corrected chi connectivity index (χ4v) is 4.78. The van der Waals surface area contributed by atoms with E-state index < -0.39 is 0 Å². The fourth-order valence-electron chi connectivity index (χ4n) is 3.73. The van der Waals surface area contributed by atoms with Crippen LogP contribution in [0.15, 0.2) is 35.1 Å². The van der Waals surface area contributed by atoms with Gasteiger partial charge < -0.3 is 4.90 Å². The molecule has 148 valence electrons. The number of ketones is 1. The average Bonchev–Trinajstić information content (AvgIpc) is 3.20. The van der Waals surface area contributed by atoms with Gasteiger partial charge in [0.2, 0.25) is 5.95 Å². The van der Waals surface area contributed by atoms with Gasteiger partial charge in [0.25, 0.3) is 5.56 Å². The van der Waals surface area contributed by atoms with Crippen molar-refractivity contribution in [2.24, 2.45) is 0 Å². The zero-order valence-electron chi connectivity index (χ0n) is 16.4. The van der Waals surface area contributed by atoms with Crippen LogP contribution in [0.3, 0.4) is 0 Å². The lowest BCUT2D eigenvalue weighted by molar-refractivity contribution is 0.0992. The van der Waals surface area contributed by atoms with E-state index in [4.69, 9.17) is 4.98 Å². The highest BCUT2D eigenvalue weighted by Crippen LogP contribution is 2.27. The van der Waals surface area contributed by atoms with Crippen LogP contribution in [0.2, 0.25) is 0 Å². The number of Topliss-reactive ketones (excluding diaryl/α,β-unsaturated/α-hetero) is 1. The summed E-state index contributed by atoms with van der Waals surface area (Å²) in [5.41, 5.74) is 1.78. The van der Waals surface area contributed by atoms with Crippen molar-refractivity contribution in [3.8, 4) is 6.07 Å². The highest BCUT2D eigenvalue weighted by molar-refractivity contribution is 7.20. The van der Waals surface area contributed by atoms with Gasteiger partial charge in [0.15, 0.2) is 5.78 Å². The number of nitriles is 1. The molecule has 1 saturated heterocycles. The monoisotopic (exact) mass is 406 g/mol. The van der Waals surface area contributed by atoms with Gasteiger partial charge in [-0.05, 0) is 37.0 Å². The molecule has 0 atom stereocenters. The van der Waals surface area contributed by atoms with Gasteiger partial charge in [-0.1, -0.05) is 25.1 Å². The topological polar surface area (TPSA) is 79.0 Å². The Bertz CT molecular complexity index is 1170. The van der Waals surface area contributed by atoms with E-state index in [0.29, 0.717) is 33.0 Å². The second-order valence-electron chi connectivity index (χ2n) is 7.22. The third kappa shape index (κ3) is 3.68. The first-order chi connectivity index (χ1) is 14.1. The SMILES string of the molecule is CCC(=O)c1cc2nc(N3CCCCC3)n(Cc3ccccc3C#N)c(=O)c2s1. The molecule has 0 bridgehead atoms. The Balaban J connectivity index is 1.89. The molecule has 0 unspecified atom stereocenters. The molecule has 1 aromatic carbocycles. The molecule has 0 N–H and O–H groups in total. The number of rotatable bonds is 5. The van der Waals surface area contributed by atoms with Gasteiger partial charge in [-0.15, -0.1) is 11.3 Å². The van der Waals surface area contributed by atoms with Crippen LogP contribution in [-0.4, -0.2) is 28.4 Å². The standard InChI is InChI=1S/C22H22N4O2S/c1-2-18(27)19-12-17-20(29-19)21(28)26(14-16-9-5-4-8-15(16)13-23)22(24-17)25-10-6-3-7-11-25/h4-5,8-9,12H,2-3,6-7,10-11,14H2,1H3. The molecule has 3 heterocycles. The van der Waals surface area contributed by atoms with Crippen molar-refractivity contribution in [2.45, 2.75) is 39.2 Å². The number of piperidine rings is 1. The molecular weight excluding hydrogens is 384 g/mol. The van der Waals surface area contributed by atoms with Crippen LogP contribution in [-0.2, 0) is 6.54 Å². The summed E-state index contributed by atoms with van der Waals surface area (Å²) >= 11 is 1.22. The first-order valence-electron chi connectivity index (χ1n) is 9.93. The van der Waals surface area contributed by atoms with E-state index in [2.05, 4.69) is 11.0 Å². The maximum absolute atomic E-state index is 13.4. The number of hydrogen-bond acceptors (Lipinski definition) is 6. The van der Waals surface area contributed by atoms with E-state index in [0.717, 1.165) is 31.5 Å². The molecule has 0 spiro atoms. The molecule has 6 nitrogen and oxygen atoms in total. The minimum Gasteiger partial charge on any atom is -0.342 e. The number of thiophene rings is 1. The van der Waals surface area contributed by atoms with Gasteiger partial charge in [0.05, 0.1) is 28.6 Å². The molecule has 0 saturated carbocycles. The van der Waals surface area contributed by atoms with Crippen molar-refractivity contribution in [3.63, 3.8) is 0 Å². The van der Waals surface area contributed by atoms with E-state index in [-0.39, 0.29) is 17.9 Å². The van der Waals surface area contributed by atoms with Crippen LogP contribution in [0.4, 0.5) is 5.95 Å². The maximum atomic E-state index is 13.4. The summed E-state index contributed by atoms with van der Waals surface area (Å²) in [6.07, 6.45) is 3.70. The third-order valence-electron chi connectivity index (χ3n) is 5.31. The van der Waals surface area contributed by atoms with Crippen molar-refractivity contribution in [3.05, 3.63) is 56.7 Å². The summed E-state index contributed by atoms with van der Waals surface area (Å²) in [7, 11) is 0. The number of nitrogens with zero attached hydrogens (tertiary/aromatic N) is 4.